The molecule has 0 aliphatic heterocycles. The molecule has 0 atom stereocenters. The van der Waals surface area contributed by atoms with Gasteiger partial charge in [0.25, 0.3) is 0 Å². The van der Waals surface area contributed by atoms with Gasteiger partial charge in [-0.2, -0.15) is 5.10 Å². The number of nitrogens with two attached hydrogens (primary N) is 1. The molecule has 3 nitrogen and oxygen atoms in total. The third kappa shape index (κ3) is 1.91. The van der Waals surface area contributed by atoms with E-state index in [1.165, 1.54) is 18.4 Å². The lowest BCUT2D eigenvalue weighted by Gasteiger charge is -2.13. The van der Waals surface area contributed by atoms with E-state index >= 15 is 0 Å². The van der Waals surface area contributed by atoms with Crippen molar-refractivity contribution in [2.24, 2.45) is 11.1 Å². The molecule has 1 saturated carbocycles. The van der Waals surface area contributed by atoms with Crippen LogP contribution < -0.4 is 5.73 Å². The molecule has 0 aromatic carbocycles. The normalized spacial score (nSPS) is 18.9. The summed E-state index contributed by atoms with van der Waals surface area (Å²) < 4.78 is 2.05. The molecule has 0 amide bonds. The molecule has 1 aliphatic rings. The highest BCUT2D eigenvalue weighted by molar-refractivity contribution is 5.01. The molecule has 0 unspecified atom stereocenters. The summed E-state index contributed by atoms with van der Waals surface area (Å²) in [6.07, 6.45) is 7.81. The second-order valence-electron chi connectivity index (χ2n) is 4.25. The predicted molar refractivity (Wildman–Crippen MR) is 52.3 cm³/mol. The first-order valence-corrected chi connectivity index (χ1v) is 4.93. The van der Waals surface area contributed by atoms with Gasteiger partial charge in [-0.3, -0.25) is 4.68 Å². The Bertz CT molecular complexity index is 286. The highest BCUT2D eigenvalue weighted by Gasteiger charge is 2.41. The molecule has 3 heteroatoms. The zero-order chi connectivity index (χ0) is 9.31. The van der Waals surface area contributed by atoms with Crippen LogP contribution in [0.15, 0.2) is 12.4 Å². The molecule has 1 aromatic rings. The molecule has 0 radical (unpaired) electrons. The van der Waals surface area contributed by atoms with Crippen molar-refractivity contribution in [3.63, 3.8) is 0 Å². The molecule has 1 aromatic heterocycles. The first-order valence-electron chi connectivity index (χ1n) is 4.93. The van der Waals surface area contributed by atoms with Crippen LogP contribution >= 0.6 is 0 Å². The topological polar surface area (TPSA) is 43.8 Å². The van der Waals surface area contributed by atoms with E-state index in [0.717, 1.165) is 19.5 Å². The lowest BCUT2D eigenvalue weighted by Crippen LogP contribution is -2.16. The third-order valence-corrected chi connectivity index (χ3v) is 2.89. The summed E-state index contributed by atoms with van der Waals surface area (Å²) in [7, 11) is 0. The Hall–Kier alpha value is -0.830. The average molecular weight is 179 g/mol. The number of aromatic nitrogens is 2. The fourth-order valence-corrected chi connectivity index (χ4v) is 1.87. The van der Waals surface area contributed by atoms with Crippen molar-refractivity contribution in [2.75, 3.05) is 6.54 Å². The van der Waals surface area contributed by atoms with Gasteiger partial charge >= 0.3 is 0 Å². The largest absolute Gasteiger partial charge is 0.330 e. The van der Waals surface area contributed by atoms with Crippen molar-refractivity contribution in [3.8, 4) is 0 Å². The monoisotopic (exact) mass is 179 g/mol. The summed E-state index contributed by atoms with van der Waals surface area (Å²) in [4.78, 5) is 0. The number of aryl methyl sites for hydroxylation is 1. The maximum atomic E-state index is 5.58. The van der Waals surface area contributed by atoms with Crippen LogP contribution in [0.2, 0.25) is 0 Å². The van der Waals surface area contributed by atoms with Crippen LogP contribution in [0.25, 0.3) is 0 Å². The summed E-state index contributed by atoms with van der Waals surface area (Å²) >= 11 is 0. The lowest BCUT2D eigenvalue weighted by molar-refractivity contribution is 0.376. The van der Waals surface area contributed by atoms with Gasteiger partial charge in [-0.15, -0.1) is 0 Å². The summed E-state index contributed by atoms with van der Waals surface area (Å²) in [5.41, 5.74) is 7.32. The molecule has 72 valence electrons. The first kappa shape index (κ1) is 8.75. The zero-order valence-electron chi connectivity index (χ0n) is 8.16. The van der Waals surface area contributed by atoms with E-state index < -0.39 is 0 Å². The first-order chi connectivity index (χ1) is 6.24. The number of hydrogen-bond acceptors (Lipinski definition) is 2. The lowest BCUT2D eigenvalue weighted by atomic mass is 10.0. The van der Waals surface area contributed by atoms with Gasteiger partial charge in [-0.1, -0.05) is 0 Å². The predicted octanol–water partition coefficient (Wildman–Crippen LogP) is 1.32. The Morgan fingerprint density at radius 3 is 2.85 bits per heavy atom. The van der Waals surface area contributed by atoms with Crippen LogP contribution in [0.3, 0.4) is 0 Å². The van der Waals surface area contributed by atoms with Gasteiger partial charge in [0.05, 0.1) is 6.20 Å². The maximum Gasteiger partial charge on any atom is 0.0518 e. The highest BCUT2D eigenvalue weighted by Crippen LogP contribution is 2.49. The standard InChI is InChI=1S/C10H17N3/c1-9-6-12-13(7-9)8-10(2-3-10)4-5-11/h6-7H,2-5,8,11H2,1H3. The Kier molecular flexibility index (Phi) is 2.12. The maximum absolute atomic E-state index is 5.58. The molecule has 0 bridgehead atoms. The van der Waals surface area contributed by atoms with Crippen LogP contribution in [0.1, 0.15) is 24.8 Å². The van der Waals surface area contributed by atoms with Crippen LogP contribution in [-0.4, -0.2) is 16.3 Å². The van der Waals surface area contributed by atoms with Crippen molar-refractivity contribution in [3.05, 3.63) is 18.0 Å². The van der Waals surface area contributed by atoms with Crippen LogP contribution in [-0.2, 0) is 6.54 Å². The van der Waals surface area contributed by atoms with E-state index in [-0.39, 0.29) is 0 Å². The van der Waals surface area contributed by atoms with Crippen molar-refractivity contribution in [1.82, 2.24) is 9.78 Å². The second kappa shape index (κ2) is 3.14. The molecule has 13 heavy (non-hydrogen) atoms. The van der Waals surface area contributed by atoms with Gasteiger partial charge in [0.1, 0.15) is 0 Å². The van der Waals surface area contributed by atoms with Gasteiger partial charge in [0, 0.05) is 12.7 Å². The number of hydrogen-bond donors (Lipinski definition) is 1. The van der Waals surface area contributed by atoms with E-state index in [4.69, 9.17) is 5.73 Å². The highest BCUT2D eigenvalue weighted by atomic mass is 15.3. The van der Waals surface area contributed by atoms with Gasteiger partial charge in [-0.05, 0) is 43.7 Å². The van der Waals surface area contributed by atoms with Crippen molar-refractivity contribution >= 4 is 0 Å². The smallest absolute Gasteiger partial charge is 0.0518 e. The fourth-order valence-electron chi connectivity index (χ4n) is 1.87. The molecule has 2 N–H and O–H groups in total. The Labute approximate surface area is 78.9 Å². The van der Waals surface area contributed by atoms with Gasteiger partial charge < -0.3 is 5.73 Å². The molecular formula is C10H17N3. The number of nitrogens with zero attached hydrogens (tertiary/aromatic N) is 2. The zero-order valence-corrected chi connectivity index (χ0v) is 8.16. The quantitative estimate of drug-likeness (QED) is 0.757. The summed E-state index contributed by atoms with van der Waals surface area (Å²) in [5, 5.41) is 4.30. The van der Waals surface area contributed by atoms with Gasteiger partial charge in [0.2, 0.25) is 0 Å². The Morgan fingerprint density at radius 1 is 1.62 bits per heavy atom. The van der Waals surface area contributed by atoms with E-state index in [2.05, 4.69) is 22.9 Å². The van der Waals surface area contributed by atoms with Crippen molar-refractivity contribution in [1.29, 1.82) is 0 Å². The Morgan fingerprint density at radius 2 is 2.38 bits per heavy atom. The van der Waals surface area contributed by atoms with Crippen molar-refractivity contribution < 1.29 is 0 Å². The summed E-state index contributed by atoms with van der Waals surface area (Å²) in [6.45, 7) is 3.93. The third-order valence-electron chi connectivity index (χ3n) is 2.89. The minimum Gasteiger partial charge on any atom is -0.330 e. The molecule has 1 fully saturated rings. The summed E-state index contributed by atoms with van der Waals surface area (Å²) in [5.74, 6) is 0. The minimum atomic E-state index is 0.493. The van der Waals surface area contributed by atoms with Crippen molar-refractivity contribution in [2.45, 2.75) is 32.7 Å². The molecule has 0 spiro atoms. The van der Waals surface area contributed by atoms with Crippen LogP contribution in [0.4, 0.5) is 0 Å². The molecule has 2 rings (SSSR count). The number of rotatable bonds is 4. The van der Waals surface area contributed by atoms with E-state index in [1.807, 2.05) is 6.20 Å². The molecule has 1 heterocycles. The van der Waals surface area contributed by atoms with Crippen LogP contribution in [0.5, 0.6) is 0 Å². The van der Waals surface area contributed by atoms with Gasteiger partial charge in [0.15, 0.2) is 0 Å². The second-order valence-corrected chi connectivity index (χ2v) is 4.25. The average Bonchev–Trinajstić information content (AvgIpc) is 2.70. The van der Waals surface area contributed by atoms with Gasteiger partial charge in [-0.25, -0.2) is 0 Å². The Balaban J connectivity index is 1.98. The van der Waals surface area contributed by atoms with E-state index in [9.17, 15) is 0 Å². The molecule has 0 saturated heterocycles. The summed E-state index contributed by atoms with van der Waals surface area (Å²) in [6, 6.07) is 0. The fraction of sp³-hybridized carbons (Fsp3) is 0.700. The van der Waals surface area contributed by atoms with E-state index in [1.54, 1.807) is 0 Å². The minimum absolute atomic E-state index is 0.493. The molecule has 1 aliphatic carbocycles. The SMILES string of the molecule is Cc1cnn(CC2(CCN)CC2)c1. The van der Waals surface area contributed by atoms with Crippen LogP contribution in [0, 0.1) is 12.3 Å². The molecular weight excluding hydrogens is 162 g/mol. The van der Waals surface area contributed by atoms with E-state index in [0.29, 0.717) is 5.41 Å².